The van der Waals surface area contributed by atoms with Crippen molar-refractivity contribution in [3.05, 3.63) is 0 Å². The average molecular weight is 171 g/mol. The molecule has 0 aromatic carbocycles. The van der Waals surface area contributed by atoms with E-state index in [2.05, 4.69) is 18.7 Å². The first-order valence-electron chi connectivity index (χ1n) is 4.58. The third kappa shape index (κ3) is 4.34. The van der Waals surface area contributed by atoms with Gasteiger partial charge >= 0.3 is 0 Å². The lowest BCUT2D eigenvalue weighted by molar-refractivity contribution is 0.310. The highest BCUT2D eigenvalue weighted by Gasteiger charge is 2.02. The van der Waals surface area contributed by atoms with Crippen LogP contribution in [0.3, 0.4) is 0 Å². The first kappa shape index (κ1) is 11.4. The topological polar surface area (TPSA) is 30.3 Å². The summed E-state index contributed by atoms with van der Waals surface area (Å²) in [6.07, 6.45) is 0.856. The van der Waals surface area contributed by atoms with Crippen LogP contribution in [0, 0.1) is 5.41 Å². The van der Waals surface area contributed by atoms with Crippen LogP contribution in [0.5, 0.6) is 0 Å². The van der Waals surface area contributed by atoms with Gasteiger partial charge in [-0.2, -0.15) is 0 Å². The molecule has 72 valence electrons. The molecule has 0 bridgehead atoms. The molecule has 0 fully saturated rings. The second kappa shape index (κ2) is 6.00. The maximum atomic E-state index is 7.59. The molecule has 3 nitrogen and oxygen atoms in total. The second-order valence-corrected chi connectivity index (χ2v) is 3.12. The van der Waals surface area contributed by atoms with Crippen LogP contribution in [-0.2, 0) is 0 Å². The minimum absolute atomic E-state index is 0.710. The highest BCUT2D eigenvalue weighted by molar-refractivity contribution is 5.78. The molecule has 0 amide bonds. The van der Waals surface area contributed by atoms with Gasteiger partial charge in [-0.05, 0) is 13.1 Å². The zero-order chi connectivity index (χ0) is 9.56. The first-order chi connectivity index (χ1) is 5.61. The van der Waals surface area contributed by atoms with E-state index >= 15 is 0 Å². The lowest BCUT2D eigenvalue weighted by atomic mass is 10.3. The smallest absolute Gasteiger partial charge is 0.0965 e. The van der Waals surface area contributed by atoms with Gasteiger partial charge in [0.1, 0.15) is 0 Å². The Hall–Kier alpha value is -0.570. The Balaban J connectivity index is 3.59. The van der Waals surface area contributed by atoms with E-state index in [1.807, 2.05) is 19.0 Å². The van der Waals surface area contributed by atoms with E-state index in [1.165, 1.54) is 0 Å². The van der Waals surface area contributed by atoms with Crippen molar-refractivity contribution >= 4 is 5.84 Å². The van der Waals surface area contributed by atoms with Crippen LogP contribution in [0.15, 0.2) is 0 Å². The summed E-state index contributed by atoms with van der Waals surface area (Å²) >= 11 is 0. The van der Waals surface area contributed by atoms with E-state index in [1.54, 1.807) is 0 Å². The molecule has 3 heteroatoms. The molecule has 0 radical (unpaired) electrons. The Labute approximate surface area is 75.9 Å². The molecule has 0 aliphatic heterocycles. The predicted octanol–water partition coefficient (Wildman–Crippen LogP) is 1.26. The largest absolute Gasteiger partial charge is 0.367 e. The second-order valence-electron chi connectivity index (χ2n) is 3.12. The molecule has 0 aromatic heterocycles. The molecule has 0 rings (SSSR count). The molecule has 0 saturated carbocycles. The van der Waals surface area contributed by atoms with Gasteiger partial charge in [-0.15, -0.1) is 0 Å². The van der Waals surface area contributed by atoms with E-state index in [-0.39, 0.29) is 0 Å². The predicted molar refractivity (Wildman–Crippen MR) is 53.8 cm³/mol. The van der Waals surface area contributed by atoms with Crippen LogP contribution in [0.1, 0.15) is 20.3 Å². The summed E-state index contributed by atoms with van der Waals surface area (Å²) in [6.45, 7) is 7.48. The fourth-order valence-corrected chi connectivity index (χ4v) is 1.03. The number of amidine groups is 1. The molecule has 0 unspecified atom stereocenters. The maximum Gasteiger partial charge on any atom is 0.0965 e. The first-order valence-corrected chi connectivity index (χ1v) is 4.58. The van der Waals surface area contributed by atoms with Gasteiger partial charge in [0, 0.05) is 27.1 Å². The Kier molecular flexibility index (Phi) is 5.72. The van der Waals surface area contributed by atoms with Crippen LogP contribution in [-0.4, -0.2) is 49.4 Å². The Morgan fingerprint density at radius 2 is 1.67 bits per heavy atom. The van der Waals surface area contributed by atoms with Crippen molar-refractivity contribution < 1.29 is 0 Å². The number of hydrogen-bond acceptors (Lipinski definition) is 2. The lowest BCUT2D eigenvalue weighted by Crippen LogP contribution is -2.29. The lowest BCUT2D eigenvalue weighted by Gasteiger charge is -2.20. The number of nitrogens with one attached hydrogen (secondary N) is 1. The maximum absolute atomic E-state index is 7.59. The summed E-state index contributed by atoms with van der Waals surface area (Å²) in [5.41, 5.74) is 0. The van der Waals surface area contributed by atoms with Crippen molar-refractivity contribution in [2.45, 2.75) is 20.3 Å². The zero-order valence-electron chi connectivity index (χ0n) is 8.72. The summed E-state index contributed by atoms with van der Waals surface area (Å²) < 4.78 is 0. The molecule has 0 aliphatic rings. The normalized spacial score (nSPS) is 10.4. The molecule has 0 heterocycles. The minimum atomic E-state index is 0.710. The summed E-state index contributed by atoms with van der Waals surface area (Å²) in [7, 11) is 3.84. The number of nitrogens with zero attached hydrogens (tertiary/aromatic N) is 2. The van der Waals surface area contributed by atoms with E-state index in [0.29, 0.717) is 5.84 Å². The number of hydrogen-bond donors (Lipinski definition) is 1. The van der Waals surface area contributed by atoms with Crippen molar-refractivity contribution in [2.24, 2.45) is 0 Å². The van der Waals surface area contributed by atoms with Crippen LogP contribution in [0.25, 0.3) is 0 Å². The molecule has 0 aliphatic carbocycles. The fourth-order valence-electron chi connectivity index (χ4n) is 1.03. The van der Waals surface area contributed by atoms with E-state index in [9.17, 15) is 0 Å². The molecule has 0 atom stereocenters. The van der Waals surface area contributed by atoms with Crippen molar-refractivity contribution in [3.8, 4) is 0 Å². The summed E-state index contributed by atoms with van der Waals surface area (Å²) in [4.78, 5) is 4.20. The van der Waals surface area contributed by atoms with Gasteiger partial charge in [0.05, 0.1) is 5.84 Å². The SMILES string of the molecule is CCN(CC)CCC(=N)N(C)C. The van der Waals surface area contributed by atoms with Crippen LogP contribution < -0.4 is 0 Å². The summed E-state index contributed by atoms with van der Waals surface area (Å²) in [6, 6.07) is 0. The van der Waals surface area contributed by atoms with Crippen molar-refractivity contribution in [1.29, 1.82) is 5.41 Å². The van der Waals surface area contributed by atoms with Gasteiger partial charge in [-0.3, -0.25) is 5.41 Å². The van der Waals surface area contributed by atoms with Crippen molar-refractivity contribution in [1.82, 2.24) is 9.80 Å². The van der Waals surface area contributed by atoms with Gasteiger partial charge in [0.2, 0.25) is 0 Å². The van der Waals surface area contributed by atoms with Crippen molar-refractivity contribution in [3.63, 3.8) is 0 Å². The highest BCUT2D eigenvalue weighted by atomic mass is 15.1. The molecule has 1 N–H and O–H groups in total. The monoisotopic (exact) mass is 171 g/mol. The Morgan fingerprint density at radius 3 is 2.00 bits per heavy atom. The Bertz CT molecular complexity index is 128. The Morgan fingerprint density at radius 1 is 1.17 bits per heavy atom. The van der Waals surface area contributed by atoms with Gasteiger partial charge in [-0.25, -0.2) is 0 Å². The van der Waals surface area contributed by atoms with E-state index in [4.69, 9.17) is 5.41 Å². The third-order valence-corrected chi connectivity index (χ3v) is 2.10. The van der Waals surface area contributed by atoms with Crippen molar-refractivity contribution in [2.75, 3.05) is 33.7 Å². The number of rotatable bonds is 5. The zero-order valence-corrected chi connectivity index (χ0v) is 8.72. The van der Waals surface area contributed by atoms with Crippen LogP contribution in [0.2, 0.25) is 0 Å². The van der Waals surface area contributed by atoms with Gasteiger partial charge in [0.25, 0.3) is 0 Å². The molecule has 12 heavy (non-hydrogen) atoms. The molecule has 0 spiro atoms. The summed E-state index contributed by atoms with van der Waals surface area (Å²) in [5, 5.41) is 7.59. The van der Waals surface area contributed by atoms with Gasteiger partial charge in [0.15, 0.2) is 0 Å². The highest BCUT2D eigenvalue weighted by Crippen LogP contribution is 1.93. The molecular weight excluding hydrogens is 150 g/mol. The quantitative estimate of drug-likeness (QED) is 0.498. The molecular formula is C9H21N3. The van der Waals surface area contributed by atoms with E-state index in [0.717, 1.165) is 26.1 Å². The van der Waals surface area contributed by atoms with Crippen LogP contribution in [0.4, 0.5) is 0 Å². The van der Waals surface area contributed by atoms with Crippen LogP contribution >= 0.6 is 0 Å². The average Bonchev–Trinajstić information content (AvgIpc) is 2.05. The van der Waals surface area contributed by atoms with Gasteiger partial charge in [-0.1, -0.05) is 13.8 Å². The minimum Gasteiger partial charge on any atom is -0.367 e. The van der Waals surface area contributed by atoms with Gasteiger partial charge < -0.3 is 9.80 Å². The van der Waals surface area contributed by atoms with E-state index < -0.39 is 0 Å². The third-order valence-electron chi connectivity index (χ3n) is 2.10. The fraction of sp³-hybridized carbons (Fsp3) is 0.889. The summed E-state index contributed by atoms with van der Waals surface area (Å²) in [5.74, 6) is 0.710. The standard InChI is InChI=1S/C9H21N3/c1-5-12(6-2)8-7-9(10)11(3)4/h10H,5-8H2,1-4H3. The molecule has 0 saturated heterocycles. The molecule has 0 aromatic rings.